The fourth-order valence-corrected chi connectivity index (χ4v) is 3.13. The maximum Gasteiger partial charge on any atom is 0.141 e. The third-order valence-corrected chi connectivity index (χ3v) is 3.86. The number of halogens is 3. The topological polar surface area (TPSA) is 35.2 Å². The second kappa shape index (κ2) is 6.19. The molecule has 2 aromatic carbocycles. The van der Waals surface area contributed by atoms with E-state index >= 15 is 0 Å². The molecule has 5 heteroatoms. The molecule has 0 atom stereocenters. The summed E-state index contributed by atoms with van der Waals surface area (Å²) in [6.45, 7) is 0.483. The lowest BCUT2D eigenvalue weighted by Crippen LogP contribution is -1.96. The van der Waals surface area contributed by atoms with Crippen molar-refractivity contribution < 1.29 is 4.74 Å². The SMILES string of the molecule is NCc1cc(Br)cc(Oc2ccc(Br)cc2Br)c1. The zero-order valence-corrected chi connectivity index (χ0v) is 14.0. The van der Waals surface area contributed by atoms with E-state index in [0.717, 1.165) is 30.5 Å². The Hall–Kier alpha value is -0.360. The predicted molar refractivity (Wildman–Crippen MR) is 83.9 cm³/mol. The summed E-state index contributed by atoms with van der Waals surface area (Å²) in [6, 6.07) is 11.6. The molecule has 0 unspecified atom stereocenters. The molecule has 0 fully saturated rings. The van der Waals surface area contributed by atoms with Crippen molar-refractivity contribution in [2.45, 2.75) is 6.54 Å². The van der Waals surface area contributed by atoms with Crippen LogP contribution in [0.15, 0.2) is 49.8 Å². The molecular formula is C13H10Br3NO. The molecule has 0 spiro atoms. The van der Waals surface area contributed by atoms with Gasteiger partial charge in [-0.3, -0.25) is 0 Å². The van der Waals surface area contributed by atoms with Crippen molar-refractivity contribution in [2.24, 2.45) is 5.73 Å². The number of hydrogen-bond acceptors (Lipinski definition) is 2. The Morgan fingerprint density at radius 1 is 0.944 bits per heavy atom. The molecule has 0 saturated carbocycles. The lowest BCUT2D eigenvalue weighted by Gasteiger charge is -2.10. The lowest BCUT2D eigenvalue weighted by atomic mass is 10.2. The van der Waals surface area contributed by atoms with Crippen LogP contribution in [0.3, 0.4) is 0 Å². The molecule has 2 rings (SSSR count). The van der Waals surface area contributed by atoms with E-state index in [2.05, 4.69) is 47.8 Å². The van der Waals surface area contributed by atoms with E-state index in [1.165, 1.54) is 0 Å². The van der Waals surface area contributed by atoms with Gasteiger partial charge in [-0.15, -0.1) is 0 Å². The highest BCUT2D eigenvalue weighted by atomic mass is 79.9. The van der Waals surface area contributed by atoms with Crippen molar-refractivity contribution in [2.75, 3.05) is 0 Å². The van der Waals surface area contributed by atoms with E-state index in [4.69, 9.17) is 10.5 Å². The van der Waals surface area contributed by atoms with Crippen LogP contribution in [0.5, 0.6) is 11.5 Å². The first kappa shape index (κ1) is 14.1. The van der Waals surface area contributed by atoms with Crippen LogP contribution in [-0.4, -0.2) is 0 Å². The number of nitrogens with two attached hydrogens (primary N) is 1. The molecule has 0 aliphatic rings. The fourth-order valence-electron chi connectivity index (χ4n) is 1.48. The van der Waals surface area contributed by atoms with Crippen molar-refractivity contribution in [3.8, 4) is 11.5 Å². The summed E-state index contributed by atoms with van der Waals surface area (Å²) in [6.07, 6.45) is 0. The number of rotatable bonds is 3. The highest BCUT2D eigenvalue weighted by Gasteiger charge is 2.05. The molecule has 0 aliphatic heterocycles. The maximum atomic E-state index is 5.83. The smallest absolute Gasteiger partial charge is 0.141 e. The third kappa shape index (κ3) is 3.57. The lowest BCUT2D eigenvalue weighted by molar-refractivity contribution is 0.478. The Morgan fingerprint density at radius 3 is 2.39 bits per heavy atom. The quantitative estimate of drug-likeness (QED) is 0.716. The Kier molecular flexibility index (Phi) is 4.84. The molecule has 0 heterocycles. The Balaban J connectivity index is 2.30. The van der Waals surface area contributed by atoms with Gasteiger partial charge in [-0.1, -0.05) is 31.9 Å². The van der Waals surface area contributed by atoms with Crippen molar-refractivity contribution in [3.63, 3.8) is 0 Å². The molecule has 0 radical (unpaired) electrons. The third-order valence-electron chi connectivity index (χ3n) is 2.29. The summed E-state index contributed by atoms with van der Waals surface area (Å²) >= 11 is 10.3. The van der Waals surface area contributed by atoms with E-state index in [0.29, 0.717) is 6.54 Å². The van der Waals surface area contributed by atoms with Gasteiger partial charge in [-0.05, 0) is 57.9 Å². The Bertz CT molecular complexity index is 572. The van der Waals surface area contributed by atoms with Crippen molar-refractivity contribution in [1.29, 1.82) is 0 Å². The van der Waals surface area contributed by atoms with Gasteiger partial charge in [-0.25, -0.2) is 0 Å². The standard InChI is InChI=1S/C13H10Br3NO/c14-9-1-2-13(12(16)6-9)18-11-4-8(7-17)3-10(15)5-11/h1-6H,7,17H2. The monoisotopic (exact) mass is 433 g/mol. The van der Waals surface area contributed by atoms with E-state index in [9.17, 15) is 0 Å². The predicted octanol–water partition coefficient (Wildman–Crippen LogP) is 5.23. The zero-order chi connectivity index (χ0) is 13.1. The van der Waals surface area contributed by atoms with Crippen molar-refractivity contribution in [3.05, 3.63) is 55.4 Å². The van der Waals surface area contributed by atoms with Crippen LogP contribution in [0.25, 0.3) is 0 Å². The summed E-state index contributed by atoms with van der Waals surface area (Å²) in [5.41, 5.74) is 6.66. The number of hydrogen-bond donors (Lipinski definition) is 1. The maximum absolute atomic E-state index is 5.83. The minimum Gasteiger partial charge on any atom is -0.456 e. The molecule has 0 bridgehead atoms. The second-order valence-electron chi connectivity index (χ2n) is 3.68. The van der Waals surface area contributed by atoms with Gasteiger partial charge in [-0.2, -0.15) is 0 Å². The highest BCUT2D eigenvalue weighted by molar-refractivity contribution is 9.11. The van der Waals surface area contributed by atoms with Crippen LogP contribution in [0.1, 0.15) is 5.56 Å². The summed E-state index contributed by atoms with van der Waals surface area (Å²) in [4.78, 5) is 0. The van der Waals surface area contributed by atoms with Crippen LogP contribution in [0.4, 0.5) is 0 Å². The van der Waals surface area contributed by atoms with E-state index in [1.54, 1.807) is 0 Å². The van der Waals surface area contributed by atoms with Gasteiger partial charge in [0, 0.05) is 15.5 Å². The molecular weight excluding hydrogens is 426 g/mol. The number of ether oxygens (including phenoxy) is 1. The molecule has 0 amide bonds. The molecule has 2 N–H and O–H groups in total. The Labute approximate surface area is 131 Å². The normalized spacial score (nSPS) is 10.4. The number of benzene rings is 2. The molecule has 0 saturated heterocycles. The molecule has 2 aromatic rings. The minimum atomic E-state index is 0.483. The molecule has 2 nitrogen and oxygen atoms in total. The van der Waals surface area contributed by atoms with Gasteiger partial charge in [0.2, 0.25) is 0 Å². The van der Waals surface area contributed by atoms with Gasteiger partial charge in [0.25, 0.3) is 0 Å². The van der Waals surface area contributed by atoms with Crippen LogP contribution in [-0.2, 0) is 6.54 Å². The van der Waals surface area contributed by atoms with Crippen LogP contribution in [0, 0.1) is 0 Å². The van der Waals surface area contributed by atoms with Gasteiger partial charge in [0.15, 0.2) is 0 Å². The first-order chi connectivity index (χ1) is 8.58. The fraction of sp³-hybridized carbons (Fsp3) is 0.0769. The molecule has 18 heavy (non-hydrogen) atoms. The summed E-state index contributed by atoms with van der Waals surface area (Å²) in [7, 11) is 0. The average molecular weight is 436 g/mol. The summed E-state index contributed by atoms with van der Waals surface area (Å²) < 4.78 is 8.68. The average Bonchev–Trinajstić information content (AvgIpc) is 2.32. The largest absolute Gasteiger partial charge is 0.456 e. The minimum absolute atomic E-state index is 0.483. The van der Waals surface area contributed by atoms with E-state index in [-0.39, 0.29) is 0 Å². The summed E-state index contributed by atoms with van der Waals surface area (Å²) in [5.74, 6) is 1.52. The van der Waals surface area contributed by atoms with Crippen LogP contribution >= 0.6 is 47.8 Å². The first-order valence-electron chi connectivity index (χ1n) is 5.21. The summed E-state index contributed by atoms with van der Waals surface area (Å²) in [5, 5.41) is 0. The molecule has 0 aromatic heterocycles. The van der Waals surface area contributed by atoms with Gasteiger partial charge in [0.1, 0.15) is 11.5 Å². The van der Waals surface area contributed by atoms with Gasteiger partial charge < -0.3 is 10.5 Å². The second-order valence-corrected chi connectivity index (χ2v) is 6.36. The van der Waals surface area contributed by atoms with Crippen molar-refractivity contribution in [1.82, 2.24) is 0 Å². The highest BCUT2D eigenvalue weighted by Crippen LogP contribution is 2.33. The van der Waals surface area contributed by atoms with Crippen LogP contribution < -0.4 is 10.5 Å². The van der Waals surface area contributed by atoms with Crippen molar-refractivity contribution >= 4 is 47.8 Å². The van der Waals surface area contributed by atoms with Gasteiger partial charge >= 0.3 is 0 Å². The zero-order valence-electron chi connectivity index (χ0n) is 9.29. The first-order valence-corrected chi connectivity index (χ1v) is 7.59. The molecule has 0 aliphatic carbocycles. The van der Waals surface area contributed by atoms with Gasteiger partial charge in [0.05, 0.1) is 4.47 Å². The van der Waals surface area contributed by atoms with E-state index in [1.807, 2.05) is 36.4 Å². The molecule has 94 valence electrons. The van der Waals surface area contributed by atoms with E-state index < -0.39 is 0 Å². The Morgan fingerprint density at radius 2 is 1.72 bits per heavy atom. The van der Waals surface area contributed by atoms with Crippen LogP contribution in [0.2, 0.25) is 0 Å².